The van der Waals surface area contributed by atoms with Crippen LogP contribution in [0, 0.1) is 6.92 Å². The van der Waals surface area contributed by atoms with Gasteiger partial charge < -0.3 is 15.8 Å². The monoisotopic (exact) mass is 332 g/mol. The molecule has 6 heteroatoms. The molecule has 3 N–H and O–H groups in total. The number of nitrogens with two attached hydrogens (primary N) is 1. The molecule has 3 atom stereocenters. The normalized spacial score (nSPS) is 26.8. The van der Waals surface area contributed by atoms with Gasteiger partial charge in [-0.2, -0.15) is 0 Å². The summed E-state index contributed by atoms with van der Waals surface area (Å²) in [6, 6.07) is 1.80. The lowest BCUT2D eigenvalue weighted by Gasteiger charge is -2.42. The van der Waals surface area contributed by atoms with Gasteiger partial charge in [0.15, 0.2) is 0 Å². The average molecular weight is 333 g/mol. The van der Waals surface area contributed by atoms with Gasteiger partial charge in [0.1, 0.15) is 0 Å². The van der Waals surface area contributed by atoms with Crippen molar-refractivity contribution < 1.29 is 9.53 Å². The molecule has 1 heterocycles. The fourth-order valence-electron chi connectivity index (χ4n) is 2.02. The van der Waals surface area contributed by atoms with Gasteiger partial charge in [0.05, 0.1) is 20.8 Å². The Kier molecular flexibility index (Phi) is 4.42. The number of nitrogens with one attached hydrogen (secondary N) is 1. The number of ether oxygens (including phenoxy) is 1. The zero-order valence-electron chi connectivity index (χ0n) is 10.4. The van der Waals surface area contributed by atoms with Gasteiger partial charge in [0.25, 0.3) is 5.91 Å². The molecule has 1 saturated carbocycles. The lowest BCUT2D eigenvalue weighted by molar-refractivity contribution is -0.0299. The van der Waals surface area contributed by atoms with Gasteiger partial charge in [0.2, 0.25) is 0 Å². The van der Waals surface area contributed by atoms with Crippen LogP contribution in [0.25, 0.3) is 0 Å². The summed E-state index contributed by atoms with van der Waals surface area (Å²) in [5.74, 6) is -0.0707. The van der Waals surface area contributed by atoms with Crippen LogP contribution in [-0.2, 0) is 4.74 Å². The second-order valence-corrected chi connectivity index (χ2v) is 6.83. The Bertz CT molecular complexity index is 428. The van der Waals surface area contributed by atoms with Gasteiger partial charge in [-0.3, -0.25) is 4.79 Å². The lowest BCUT2D eigenvalue weighted by atomic mass is 9.83. The molecule has 0 saturated heterocycles. The molecular weight excluding hydrogens is 316 g/mol. The molecule has 2 rings (SSSR count). The highest BCUT2D eigenvalue weighted by molar-refractivity contribution is 9.11. The molecule has 100 valence electrons. The second-order valence-electron chi connectivity index (χ2n) is 4.46. The van der Waals surface area contributed by atoms with E-state index in [9.17, 15) is 4.79 Å². The molecule has 0 radical (unpaired) electrons. The number of hydrogen-bond donors (Lipinski definition) is 2. The van der Waals surface area contributed by atoms with Crippen molar-refractivity contribution in [2.24, 2.45) is 5.73 Å². The number of carbonyl (C=O) groups is 1. The van der Waals surface area contributed by atoms with Crippen LogP contribution in [0.3, 0.4) is 0 Å². The van der Waals surface area contributed by atoms with Gasteiger partial charge in [0, 0.05) is 12.6 Å². The van der Waals surface area contributed by atoms with Crippen molar-refractivity contribution in [3.63, 3.8) is 0 Å². The summed E-state index contributed by atoms with van der Waals surface area (Å²) in [6.45, 7) is 4.56. The van der Waals surface area contributed by atoms with Crippen LogP contribution >= 0.6 is 27.3 Å². The number of amides is 1. The Hall–Kier alpha value is -0.430. The number of thiophene rings is 1. The molecule has 1 amide bonds. The Morgan fingerprint density at radius 2 is 2.44 bits per heavy atom. The minimum Gasteiger partial charge on any atom is -0.376 e. The topological polar surface area (TPSA) is 64.3 Å². The maximum Gasteiger partial charge on any atom is 0.261 e. The van der Waals surface area contributed by atoms with Crippen LogP contribution in [0.15, 0.2) is 9.85 Å². The molecule has 1 fully saturated rings. The van der Waals surface area contributed by atoms with Gasteiger partial charge in [-0.15, -0.1) is 11.3 Å². The Labute approximate surface area is 119 Å². The van der Waals surface area contributed by atoms with Crippen molar-refractivity contribution in [2.75, 3.05) is 6.61 Å². The smallest absolute Gasteiger partial charge is 0.261 e. The van der Waals surface area contributed by atoms with E-state index in [4.69, 9.17) is 10.5 Å². The third kappa shape index (κ3) is 2.77. The fraction of sp³-hybridized carbons (Fsp3) is 0.583. The summed E-state index contributed by atoms with van der Waals surface area (Å²) in [5.41, 5.74) is 6.98. The molecule has 3 unspecified atom stereocenters. The van der Waals surface area contributed by atoms with Crippen molar-refractivity contribution in [3.05, 3.63) is 20.3 Å². The lowest BCUT2D eigenvalue weighted by Crippen LogP contribution is -2.64. The highest BCUT2D eigenvalue weighted by atomic mass is 79.9. The Morgan fingerprint density at radius 3 is 2.94 bits per heavy atom. The van der Waals surface area contributed by atoms with Crippen molar-refractivity contribution in [1.29, 1.82) is 0 Å². The molecule has 1 aliphatic carbocycles. The van der Waals surface area contributed by atoms with Crippen LogP contribution in [0.5, 0.6) is 0 Å². The number of halogens is 1. The van der Waals surface area contributed by atoms with Crippen LogP contribution < -0.4 is 11.1 Å². The van der Waals surface area contributed by atoms with Crippen molar-refractivity contribution >= 4 is 33.2 Å². The summed E-state index contributed by atoms with van der Waals surface area (Å²) in [5, 5.41) is 2.96. The summed E-state index contributed by atoms with van der Waals surface area (Å²) < 4.78 is 6.52. The largest absolute Gasteiger partial charge is 0.376 e. The molecular formula is C12H17BrN2O2S. The van der Waals surface area contributed by atoms with E-state index in [-0.39, 0.29) is 24.1 Å². The first kappa shape index (κ1) is 14.0. The highest BCUT2D eigenvalue weighted by Gasteiger charge is 2.40. The van der Waals surface area contributed by atoms with E-state index in [1.807, 2.05) is 19.9 Å². The third-order valence-corrected chi connectivity index (χ3v) is 5.26. The zero-order valence-corrected chi connectivity index (χ0v) is 12.8. The van der Waals surface area contributed by atoms with Gasteiger partial charge in [-0.25, -0.2) is 0 Å². The Balaban J connectivity index is 1.98. The minimum atomic E-state index is -0.0707. The minimum absolute atomic E-state index is 0.00463. The fourth-order valence-corrected chi connectivity index (χ4v) is 3.46. The van der Waals surface area contributed by atoms with Gasteiger partial charge >= 0.3 is 0 Å². The molecule has 1 aromatic rings. The summed E-state index contributed by atoms with van der Waals surface area (Å²) in [6.07, 6.45) is 0.866. The molecule has 18 heavy (non-hydrogen) atoms. The quantitative estimate of drug-likeness (QED) is 0.886. The first-order valence-electron chi connectivity index (χ1n) is 5.97. The standard InChI is InChI=1S/C12H17BrN2O2S/c1-3-17-8-5-7(14)10(8)15-12(16)9-4-6(2)11(13)18-9/h4,7-8,10H,3,5,14H2,1-2H3,(H,15,16). The molecule has 4 nitrogen and oxygen atoms in total. The number of hydrogen-bond acceptors (Lipinski definition) is 4. The first-order chi connectivity index (χ1) is 8.52. The predicted molar refractivity (Wildman–Crippen MR) is 76.0 cm³/mol. The third-order valence-electron chi connectivity index (χ3n) is 3.13. The van der Waals surface area contributed by atoms with Crippen molar-refractivity contribution in [1.82, 2.24) is 5.32 Å². The molecule has 0 bridgehead atoms. The zero-order chi connectivity index (χ0) is 13.3. The number of aryl methyl sites for hydroxylation is 1. The number of carbonyl (C=O) groups excluding carboxylic acids is 1. The van der Waals surface area contributed by atoms with E-state index in [1.54, 1.807) is 0 Å². The molecule has 1 aromatic heterocycles. The maximum atomic E-state index is 12.1. The summed E-state index contributed by atoms with van der Waals surface area (Å²) >= 11 is 4.86. The second kappa shape index (κ2) is 5.69. The maximum absolute atomic E-state index is 12.1. The predicted octanol–water partition coefficient (Wildman–Crippen LogP) is 2.05. The van der Waals surface area contributed by atoms with E-state index in [1.165, 1.54) is 11.3 Å². The van der Waals surface area contributed by atoms with Crippen molar-refractivity contribution in [2.45, 2.75) is 38.5 Å². The molecule has 0 aliphatic heterocycles. The van der Waals surface area contributed by atoms with E-state index < -0.39 is 0 Å². The van der Waals surface area contributed by atoms with E-state index >= 15 is 0 Å². The van der Waals surface area contributed by atoms with E-state index in [2.05, 4.69) is 21.2 Å². The Morgan fingerprint density at radius 1 is 1.72 bits per heavy atom. The first-order valence-corrected chi connectivity index (χ1v) is 7.57. The summed E-state index contributed by atoms with van der Waals surface area (Å²) in [4.78, 5) is 12.8. The van der Waals surface area contributed by atoms with Gasteiger partial charge in [-0.05, 0) is 47.8 Å². The van der Waals surface area contributed by atoms with Gasteiger partial charge in [-0.1, -0.05) is 0 Å². The van der Waals surface area contributed by atoms with Crippen LogP contribution in [0.4, 0.5) is 0 Å². The summed E-state index contributed by atoms with van der Waals surface area (Å²) in [7, 11) is 0. The average Bonchev–Trinajstić information content (AvgIpc) is 2.66. The van der Waals surface area contributed by atoms with E-state index in [0.29, 0.717) is 11.5 Å². The van der Waals surface area contributed by atoms with Crippen LogP contribution in [0.2, 0.25) is 0 Å². The molecule has 0 aromatic carbocycles. The van der Waals surface area contributed by atoms with Crippen LogP contribution in [0.1, 0.15) is 28.6 Å². The molecule has 0 spiro atoms. The van der Waals surface area contributed by atoms with Crippen molar-refractivity contribution in [3.8, 4) is 0 Å². The van der Waals surface area contributed by atoms with E-state index in [0.717, 1.165) is 15.8 Å². The highest BCUT2D eigenvalue weighted by Crippen LogP contribution is 2.28. The SMILES string of the molecule is CCOC1CC(N)C1NC(=O)c1cc(C)c(Br)s1. The number of rotatable bonds is 4. The van der Waals surface area contributed by atoms with Crippen LogP contribution in [-0.4, -0.2) is 30.7 Å². The molecule has 1 aliphatic rings.